The Morgan fingerprint density at radius 3 is 1.77 bits per heavy atom. The zero-order valence-electron chi connectivity index (χ0n) is 14.8. The van der Waals surface area contributed by atoms with Crippen LogP contribution in [0.5, 0.6) is 0 Å². The van der Waals surface area contributed by atoms with Crippen molar-refractivity contribution in [3.05, 3.63) is 71.8 Å². The number of hydrogen-bond acceptors (Lipinski definition) is 3. The van der Waals surface area contributed by atoms with Gasteiger partial charge in [-0.25, -0.2) is 0 Å². The van der Waals surface area contributed by atoms with Crippen molar-refractivity contribution in [1.82, 2.24) is 9.80 Å². The Bertz CT molecular complexity index is 686. The van der Waals surface area contributed by atoms with Crippen LogP contribution in [0.25, 0.3) is 0 Å². The lowest BCUT2D eigenvalue weighted by atomic mass is 9.96. The van der Waals surface area contributed by atoms with Gasteiger partial charge in [0.05, 0.1) is 12.5 Å². The number of carbonyl (C=O) groups excluding carboxylic acids is 1. The van der Waals surface area contributed by atoms with Crippen molar-refractivity contribution in [2.45, 2.75) is 18.9 Å². The van der Waals surface area contributed by atoms with E-state index >= 15 is 0 Å². The Morgan fingerprint density at radius 2 is 1.31 bits per heavy atom. The highest BCUT2D eigenvalue weighted by Crippen LogP contribution is 2.29. The van der Waals surface area contributed by atoms with E-state index in [-0.39, 0.29) is 24.8 Å². The van der Waals surface area contributed by atoms with Crippen molar-refractivity contribution in [2.75, 3.05) is 26.2 Å². The molecule has 1 N–H and O–H groups in total. The maximum absolute atomic E-state index is 12.2. The summed E-state index contributed by atoms with van der Waals surface area (Å²) in [5.41, 5.74) is 2.48. The van der Waals surface area contributed by atoms with Crippen LogP contribution in [0, 0.1) is 0 Å². The highest BCUT2D eigenvalue weighted by molar-refractivity contribution is 5.80. The third-order valence-corrected chi connectivity index (χ3v) is 4.82. The number of carbonyl (C=O) groups is 2. The molecule has 0 atom stereocenters. The Morgan fingerprint density at radius 1 is 0.808 bits per heavy atom. The van der Waals surface area contributed by atoms with Crippen LogP contribution >= 0.6 is 0 Å². The van der Waals surface area contributed by atoms with Gasteiger partial charge < -0.3 is 10.0 Å². The molecule has 0 aliphatic carbocycles. The van der Waals surface area contributed by atoms with E-state index in [4.69, 9.17) is 5.11 Å². The summed E-state index contributed by atoms with van der Waals surface area (Å²) >= 11 is 0. The van der Waals surface area contributed by atoms with Crippen LogP contribution in [-0.2, 0) is 9.59 Å². The summed E-state index contributed by atoms with van der Waals surface area (Å²) in [6.07, 6.45) is -0.0220. The van der Waals surface area contributed by atoms with Crippen LogP contribution in [0.15, 0.2) is 60.7 Å². The minimum atomic E-state index is -0.926. The van der Waals surface area contributed by atoms with Gasteiger partial charge in [0.1, 0.15) is 0 Å². The average Bonchev–Trinajstić information content (AvgIpc) is 2.68. The molecule has 26 heavy (non-hydrogen) atoms. The van der Waals surface area contributed by atoms with Crippen molar-refractivity contribution in [3.63, 3.8) is 0 Å². The summed E-state index contributed by atoms with van der Waals surface area (Å²) in [6.45, 7) is 2.81. The Labute approximate surface area is 153 Å². The number of aliphatic carboxylic acids is 1. The highest BCUT2D eigenvalue weighted by atomic mass is 16.4. The van der Waals surface area contributed by atoms with Gasteiger partial charge >= 0.3 is 5.97 Å². The van der Waals surface area contributed by atoms with Crippen molar-refractivity contribution in [2.24, 2.45) is 0 Å². The molecule has 1 saturated heterocycles. The van der Waals surface area contributed by atoms with Gasteiger partial charge in [0, 0.05) is 32.6 Å². The predicted molar refractivity (Wildman–Crippen MR) is 99.7 cm³/mol. The maximum atomic E-state index is 12.2. The van der Waals surface area contributed by atoms with Gasteiger partial charge in [-0.1, -0.05) is 60.7 Å². The second-order valence-corrected chi connectivity index (χ2v) is 6.53. The van der Waals surface area contributed by atoms with Crippen LogP contribution < -0.4 is 0 Å². The molecular formula is C21H24N2O3. The van der Waals surface area contributed by atoms with Gasteiger partial charge in [0.2, 0.25) is 5.91 Å². The third kappa shape index (κ3) is 4.49. The van der Waals surface area contributed by atoms with E-state index in [2.05, 4.69) is 53.4 Å². The number of nitrogens with zero attached hydrogens (tertiary/aromatic N) is 2. The topological polar surface area (TPSA) is 60.9 Å². The lowest BCUT2D eigenvalue weighted by Crippen LogP contribution is -2.49. The second kappa shape index (κ2) is 8.63. The summed E-state index contributed by atoms with van der Waals surface area (Å²) in [4.78, 5) is 27.0. The van der Waals surface area contributed by atoms with Crippen molar-refractivity contribution in [1.29, 1.82) is 0 Å². The molecule has 0 radical (unpaired) electrons. The molecule has 1 heterocycles. The van der Waals surface area contributed by atoms with Crippen LogP contribution in [0.4, 0.5) is 0 Å². The fourth-order valence-electron chi connectivity index (χ4n) is 3.49. The second-order valence-electron chi connectivity index (χ2n) is 6.53. The number of benzene rings is 2. The quantitative estimate of drug-likeness (QED) is 0.868. The van der Waals surface area contributed by atoms with Gasteiger partial charge in [-0.3, -0.25) is 14.5 Å². The molecule has 0 spiro atoms. The summed E-state index contributed by atoms with van der Waals surface area (Å²) in [7, 11) is 0. The SMILES string of the molecule is O=C(O)CCC(=O)N1CCN(C(c2ccccc2)c2ccccc2)CC1. The molecule has 3 rings (SSSR count). The lowest BCUT2D eigenvalue weighted by Gasteiger charge is -2.39. The standard InChI is InChI=1S/C21H24N2O3/c24-19(11-12-20(25)26)22-13-15-23(16-14-22)21(17-7-3-1-4-8-17)18-9-5-2-6-10-18/h1-10,21H,11-16H2,(H,25,26). The van der Waals surface area contributed by atoms with E-state index in [0.717, 1.165) is 13.1 Å². The fourth-order valence-corrected chi connectivity index (χ4v) is 3.49. The molecule has 0 saturated carbocycles. The number of hydrogen-bond donors (Lipinski definition) is 1. The van der Waals surface area contributed by atoms with Crippen LogP contribution in [0.3, 0.4) is 0 Å². The molecule has 2 aromatic rings. The summed E-state index contributed by atoms with van der Waals surface area (Å²) in [5, 5.41) is 8.75. The zero-order valence-corrected chi connectivity index (χ0v) is 14.8. The minimum Gasteiger partial charge on any atom is -0.481 e. The first kappa shape index (κ1) is 18.1. The Hall–Kier alpha value is -2.66. The van der Waals surface area contributed by atoms with Gasteiger partial charge in [-0.15, -0.1) is 0 Å². The largest absolute Gasteiger partial charge is 0.481 e. The third-order valence-electron chi connectivity index (χ3n) is 4.82. The van der Waals surface area contributed by atoms with E-state index in [1.165, 1.54) is 11.1 Å². The van der Waals surface area contributed by atoms with Gasteiger partial charge in [0.25, 0.3) is 0 Å². The first-order valence-electron chi connectivity index (χ1n) is 8.98. The average molecular weight is 352 g/mol. The molecule has 1 aliphatic heterocycles. The van der Waals surface area contributed by atoms with E-state index < -0.39 is 5.97 Å². The lowest BCUT2D eigenvalue weighted by molar-refractivity contribution is -0.141. The predicted octanol–water partition coefficient (Wildman–Crippen LogP) is 2.79. The summed E-state index contributed by atoms with van der Waals surface area (Å²) in [6, 6.07) is 21.0. The van der Waals surface area contributed by atoms with Crippen LogP contribution in [0.1, 0.15) is 30.0 Å². The van der Waals surface area contributed by atoms with Gasteiger partial charge in [0.15, 0.2) is 0 Å². The Balaban J connectivity index is 1.70. The normalized spacial score (nSPS) is 15.2. The Kier molecular flexibility index (Phi) is 6.02. The van der Waals surface area contributed by atoms with Crippen molar-refractivity contribution in [3.8, 4) is 0 Å². The molecule has 0 unspecified atom stereocenters. The fraction of sp³-hybridized carbons (Fsp3) is 0.333. The minimum absolute atomic E-state index is 0.0666. The van der Waals surface area contributed by atoms with Crippen LogP contribution in [-0.4, -0.2) is 53.0 Å². The van der Waals surface area contributed by atoms with Crippen molar-refractivity contribution < 1.29 is 14.7 Å². The molecule has 0 aromatic heterocycles. The number of amides is 1. The van der Waals surface area contributed by atoms with Gasteiger partial charge in [-0.2, -0.15) is 0 Å². The van der Waals surface area contributed by atoms with Gasteiger partial charge in [-0.05, 0) is 11.1 Å². The number of rotatable bonds is 6. The molecular weight excluding hydrogens is 328 g/mol. The molecule has 5 nitrogen and oxygen atoms in total. The molecule has 2 aromatic carbocycles. The smallest absolute Gasteiger partial charge is 0.303 e. The number of piperazine rings is 1. The highest BCUT2D eigenvalue weighted by Gasteiger charge is 2.28. The van der Waals surface area contributed by atoms with Crippen molar-refractivity contribution >= 4 is 11.9 Å². The summed E-state index contributed by atoms with van der Waals surface area (Å²) < 4.78 is 0. The van der Waals surface area contributed by atoms with E-state index in [0.29, 0.717) is 13.1 Å². The number of carboxylic acid groups (broad SMARTS) is 1. The van der Waals surface area contributed by atoms with E-state index in [1.54, 1.807) is 4.90 Å². The molecule has 0 bridgehead atoms. The molecule has 1 amide bonds. The van der Waals surface area contributed by atoms with Crippen LogP contribution in [0.2, 0.25) is 0 Å². The number of carboxylic acids is 1. The summed E-state index contributed by atoms with van der Waals surface area (Å²) in [5.74, 6) is -0.992. The van der Waals surface area contributed by atoms with E-state index in [1.807, 2.05) is 12.1 Å². The zero-order chi connectivity index (χ0) is 18.4. The molecule has 5 heteroatoms. The molecule has 136 valence electrons. The monoisotopic (exact) mass is 352 g/mol. The van der Waals surface area contributed by atoms with E-state index in [9.17, 15) is 9.59 Å². The first-order chi connectivity index (χ1) is 12.6. The maximum Gasteiger partial charge on any atom is 0.303 e. The molecule has 1 fully saturated rings. The molecule has 1 aliphatic rings. The first-order valence-corrected chi connectivity index (χ1v) is 8.98.